The Morgan fingerprint density at radius 1 is 1.22 bits per heavy atom. The minimum absolute atomic E-state index is 0.0622. The van der Waals surface area contributed by atoms with Crippen LogP contribution in [0.4, 0.5) is 0 Å². The number of benzene rings is 1. The molecule has 1 heterocycles. The number of rotatable bonds is 5. The monoisotopic (exact) mass is 309 g/mol. The molecule has 0 saturated heterocycles. The van der Waals surface area contributed by atoms with E-state index in [1.54, 1.807) is 7.11 Å². The van der Waals surface area contributed by atoms with E-state index in [0.717, 1.165) is 28.3 Å². The van der Waals surface area contributed by atoms with Gasteiger partial charge in [0.05, 0.1) is 13.2 Å². The molecule has 0 saturated carbocycles. The van der Waals surface area contributed by atoms with Gasteiger partial charge >= 0.3 is 0 Å². The molecule has 0 amide bonds. The Labute approximate surface area is 115 Å². The maximum Gasteiger partial charge on any atom is 0.169 e. The molecule has 4 heteroatoms. The van der Waals surface area contributed by atoms with Crippen molar-refractivity contribution in [1.29, 1.82) is 0 Å². The van der Waals surface area contributed by atoms with E-state index in [9.17, 15) is 0 Å². The van der Waals surface area contributed by atoms with Crippen molar-refractivity contribution >= 4 is 15.9 Å². The molecule has 1 aromatic carbocycles. The van der Waals surface area contributed by atoms with Crippen LogP contribution < -0.4 is 10.1 Å². The molecule has 0 aliphatic rings. The molecule has 1 unspecified atom stereocenters. The highest BCUT2D eigenvalue weighted by Crippen LogP contribution is 2.27. The molecule has 0 spiro atoms. The molecule has 2 rings (SSSR count). The van der Waals surface area contributed by atoms with Crippen LogP contribution in [0.1, 0.15) is 24.3 Å². The average molecular weight is 310 g/mol. The van der Waals surface area contributed by atoms with Crippen LogP contribution in [0, 0.1) is 0 Å². The zero-order valence-electron chi connectivity index (χ0n) is 10.4. The molecule has 0 fully saturated rings. The van der Waals surface area contributed by atoms with Crippen LogP contribution in [0.3, 0.4) is 0 Å². The third kappa shape index (κ3) is 2.94. The number of ether oxygens (including phenoxy) is 1. The van der Waals surface area contributed by atoms with Crippen molar-refractivity contribution in [2.24, 2.45) is 0 Å². The highest BCUT2D eigenvalue weighted by Gasteiger charge is 2.16. The van der Waals surface area contributed by atoms with Gasteiger partial charge in [-0.2, -0.15) is 0 Å². The number of furan rings is 1. The van der Waals surface area contributed by atoms with Gasteiger partial charge in [0.1, 0.15) is 11.5 Å². The molecule has 2 aromatic rings. The van der Waals surface area contributed by atoms with E-state index in [4.69, 9.17) is 9.15 Å². The van der Waals surface area contributed by atoms with E-state index in [-0.39, 0.29) is 6.04 Å². The largest absolute Gasteiger partial charge is 0.497 e. The minimum Gasteiger partial charge on any atom is -0.497 e. The number of hydrogen-bond donors (Lipinski definition) is 1. The summed E-state index contributed by atoms with van der Waals surface area (Å²) in [6, 6.07) is 11.9. The molecule has 96 valence electrons. The first-order chi connectivity index (χ1) is 8.74. The molecule has 0 bridgehead atoms. The Bertz CT molecular complexity index is 493. The summed E-state index contributed by atoms with van der Waals surface area (Å²) in [7, 11) is 1.67. The standard InChI is InChI=1S/C14H16BrNO2/c1-3-16-14(12-8-9-13(15)18-12)10-4-6-11(17-2)7-5-10/h4-9,14,16H,3H2,1-2H3. The SMILES string of the molecule is CCNC(c1ccc(OC)cc1)c1ccc(Br)o1. The van der Waals surface area contributed by atoms with E-state index < -0.39 is 0 Å². The Morgan fingerprint density at radius 3 is 2.44 bits per heavy atom. The first kappa shape index (κ1) is 13.2. The third-order valence-corrected chi connectivity index (χ3v) is 3.16. The van der Waals surface area contributed by atoms with Gasteiger partial charge in [-0.15, -0.1) is 0 Å². The second-order valence-corrected chi connectivity index (χ2v) is 4.69. The molecule has 1 atom stereocenters. The van der Waals surface area contributed by atoms with Gasteiger partial charge in [0.15, 0.2) is 4.67 Å². The molecule has 0 aliphatic heterocycles. The van der Waals surface area contributed by atoms with E-state index in [0.29, 0.717) is 0 Å². The van der Waals surface area contributed by atoms with Gasteiger partial charge in [-0.1, -0.05) is 19.1 Å². The molecular weight excluding hydrogens is 294 g/mol. The average Bonchev–Trinajstić information content (AvgIpc) is 2.82. The zero-order chi connectivity index (χ0) is 13.0. The lowest BCUT2D eigenvalue weighted by Crippen LogP contribution is -2.21. The summed E-state index contributed by atoms with van der Waals surface area (Å²) in [6.45, 7) is 2.95. The van der Waals surface area contributed by atoms with Gasteiger partial charge in [-0.25, -0.2) is 0 Å². The lowest BCUT2D eigenvalue weighted by atomic mass is 10.0. The fourth-order valence-corrected chi connectivity index (χ4v) is 2.19. The molecule has 18 heavy (non-hydrogen) atoms. The van der Waals surface area contributed by atoms with Gasteiger partial charge in [-0.3, -0.25) is 0 Å². The summed E-state index contributed by atoms with van der Waals surface area (Å²) in [5.74, 6) is 1.75. The summed E-state index contributed by atoms with van der Waals surface area (Å²) >= 11 is 3.33. The van der Waals surface area contributed by atoms with Crippen molar-refractivity contribution in [2.75, 3.05) is 13.7 Å². The lowest BCUT2D eigenvalue weighted by molar-refractivity contribution is 0.413. The van der Waals surface area contributed by atoms with Crippen LogP contribution >= 0.6 is 15.9 Å². The molecule has 0 radical (unpaired) electrons. The van der Waals surface area contributed by atoms with Crippen molar-refractivity contribution in [3.05, 3.63) is 52.4 Å². The Balaban J connectivity index is 2.28. The van der Waals surface area contributed by atoms with Gasteiger partial charge in [0.25, 0.3) is 0 Å². The molecule has 1 N–H and O–H groups in total. The Hall–Kier alpha value is -1.26. The predicted octanol–water partition coefficient (Wildman–Crippen LogP) is 3.75. The second kappa shape index (κ2) is 6.07. The van der Waals surface area contributed by atoms with Gasteiger partial charge in [0, 0.05) is 0 Å². The highest BCUT2D eigenvalue weighted by molar-refractivity contribution is 9.10. The topological polar surface area (TPSA) is 34.4 Å². The number of halogens is 1. The van der Waals surface area contributed by atoms with Crippen LogP contribution in [0.2, 0.25) is 0 Å². The van der Waals surface area contributed by atoms with E-state index in [1.165, 1.54) is 0 Å². The first-order valence-corrected chi connectivity index (χ1v) is 6.66. The van der Waals surface area contributed by atoms with Crippen LogP contribution in [0.15, 0.2) is 45.5 Å². The lowest BCUT2D eigenvalue weighted by Gasteiger charge is -2.16. The highest BCUT2D eigenvalue weighted by atomic mass is 79.9. The zero-order valence-corrected chi connectivity index (χ0v) is 12.0. The fourth-order valence-electron chi connectivity index (χ4n) is 1.87. The van der Waals surface area contributed by atoms with Crippen molar-refractivity contribution in [2.45, 2.75) is 13.0 Å². The summed E-state index contributed by atoms with van der Waals surface area (Å²) < 4.78 is 11.5. The summed E-state index contributed by atoms with van der Waals surface area (Å²) in [5.41, 5.74) is 1.15. The van der Waals surface area contributed by atoms with Crippen molar-refractivity contribution in [1.82, 2.24) is 5.32 Å². The quantitative estimate of drug-likeness (QED) is 0.913. The predicted molar refractivity (Wildman–Crippen MR) is 74.9 cm³/mol. The fraction of sp³-hybridized carbons (Fsp3) is 0.286. The van der Waals surface area contributed by atoms with Crippen molar-refractivity contribution in [3.63, 3.8) is 0 Å². The maximum absolute atomic E-state index is 5.63. The van der Waals surface area contributed by atoms with Crippen LogP contribution in [-0.4, -0.2) is 13.7 Å². The molecule has 3 nitrogen and oxygen atoms in total. The van der Waals surface area contributed by atoms with Crippen LogP contribution in [0.25, 0.3) is 0 Å². The number of methoxy groups -OCH3 is 1. The normalized spacial score (nSPS) is 12.4. The van der Waals surface area contributed by atoms with Crippen LogP contribution in [0.5, 0.6) is 5.75 Å². The van der Waals surface area contributed by atoms with Gasteiger partial charge < -0.3 is 14.5 Å². The summed E-state index contributed by atoms with van der Waals surface area (Å²) in [5, 5.41) is 3.41. The smallest absolute Gasteiger partial charge is 0.169 e. The Kier molecular flexibility index (Phi) is 4.44. The van der Waals surface area contributed by atoms with E-state index >= 15 is 0 Å². The maximum atomic E-state index is 5.63. The molecule has 0 aliphatic carbocycles. The third-order valence-electron chi connectivity index (χ3n) is 2.74. The van der Waals surface area contributed by atoms with E-state index in [2.05, 4.69) is 28.2 Å². The van der Waals surface area contributed by atoms with Crippen molar-refractivity contribution in [3.8, 4) is 5.75 Å². The van der Waals surface area contributed by atoms with Crippen molar-refractivity contribution < 1.29 is 9.15 Å². The molecule has 1 aromatic heterocycles. The van der Waals surface area contributed by atoms with Gasteiger partial charge in [0.2, 0.25) is 0 Å². The van der Waals surface area contributed by atoms with Gasteiger partial charge in [-0.05, 0) is 52.3 Å². The molecular formula is C14H16BrNO2. The van der Waals surface area contributed by atoms with Crippen LogP contribution in [-0.2, 0) is 0 Å². The number of hydrogen-bond acceptors (Lipinski definition) is 3. The Morgan fingerprint density at radius 2 is 1.94 bits per heavy atom. The number of nitrogens with one attached hydrogen (secondary N) is 1. The minimum atomic E-state index is 0.0622. The summed E-state index contributed by atoms with van der Waals surface area (Å²) in [6.07, 6.45) is 0. The first-order valence-electron chi connectivity index (χ1n) is 5.87. The second-order valence-electron chi connectivity index (χ2n) is 3.91. The van der Waals surface area contributed by atoms with E-state index in [1.807, 2.05) is 36.4 Å². The summed E-state index contributed by atoms with van der Waals surface area (Å²) in [4.78, 5) is 0.